The number of hydrogen-bond donors (Lipinski definition) is 1. The van der Waals surface area contributed by atoms with Crippen molar-refractivity contribution in [1.82, 2.24) is 0 Å². The fraction of sp³-hybridized carbons (Fsp3) is 0.467. The minimum Gasteiger partial charge on any atom is -0.481 e. The molecule has 0 heterocycles. The summed E-state index contributed by atoms with van der Waals surface area (Å²) >= 11 is 0. The summed E-state index contributed by atoms with van der Waals surface area (Å²) in [7, 11) is 0. The molecule has 0 aliphatic rings. The molecular formula is C15H22O4. The van der Waals surface area contributed by atoms with Crippen molar-refractivity contribution in [3.8, 4) is 0 Å². The number of esters is 1. The Morgan fingerprint density at radius 1 is 1.16 bits per heavy atom. The molecule has 0 saturated carbocycles. The number of unbranched alkanes of at least 4 members (excludes halogenated alkanes) is 2. The number of hydrogen-bond acceptors (Lipinski definition) is 3. The number of rotatable bonds is 6. The topological polar surface area (TPSA) is 63.6 Å². The molecule has 106 valence electrons. The second kappa shape index (κ2) is 11.3. The Labute approximate surface area is 114 Å². The van der Waals surface area contributed by atoms with Crippen LogP contribution in [0.1, 0.15) is 38.7 Å². The van der Waals surface area contributed by atoms with Crippen molar-refractivity contribution in [2.75, 3.05) is 6.61 Å². The van der Waals surface area contributed by atoms with Gasteiger partial charge in [-0.15, -0.1) is 0 Å². The molecule has 0 spiro atoms. The van der Waals surface area contributed by atoms with Gasteiger partial charge in [-0.3, -0.25) is 9.59 Å². The lowest BCUT2D eigenvalue weighted by Gasteiger charge is -1.98. The van der Waals surface area contributed by atoms with E-state index in [4.69, 9.17) is 9.84 Å². The van der Waals surface area contributed by atoms with Crippen LogP contribution in [0.3, 0.4) is 0 Å². The Bertz CT molecular complexity index is 360. The highest BCUT2D eigenvalue weighted by Gasteiger charge is 1.96. The van der Waals surface area contributed by atoms with E-state index in [0.717, 1.165) is 18.4 Å². The molecular weight excluding hydrogens is 244 g/mol. The van der Waals surface area contributed by atoms with Gasteiger partial charge in [-0.05, 0) is 12.0 Å². The summed E-state index contributed by atoms with van der Waals surface area (Å²) < 4.78 is 4.70. The van der Waals surface area contributed by atoms with Gasteiger partial charge in [0.15, 0.2) is 0 Å². The van der Waals surface area contributed by atoms with Crippen molar-refractivity contribution in [3.63, 3.8) is 0 Å². The Kier molecular flexibility index (Phi) is 10.2. The molecule has 1 rings (SSSR count). The van der Waals surface area contributed by atoms with Gasteiger partial charge in [0.25, 0.3) is 0 Å². The first-order chi connectivity index (χ1) is 9.06. The fourth-order valence-electron chi connectivity index (χ4n) is 1.34. The summed E-state index contributed by atoms with van der Waals surface area (Å²) in [4.78, 5) is 20.4. The summed E-state index contributed by atoms with van der Waals surface area (Å²) in [6.07, 6.45) is 3.42. The molecule has 1 N–H and O–H groups in total. The number of carbonyl (C=O) groups is 2. The zero-order valence-corrected chi connectivity index (χ0v) is 11.6. The molecule has 1 aromatic rings. The van der Waals surface area contributed by atoms with E-state index < -0.39 is 5.97 Å². The number of ether oxygens (including phenoxy) is 1. The van der Waals surface area contributed by atoms with Gasteiger partial charge in [0.05, 0.1) is 13.0 Å². The van der Waals surface area contributed by atoms with Crippen molar-refractivity contribution in [2.45, 2.75) is 39.5 Å². The first kappa shape index (κ1) is 17.2. The van der Waals surface area contributed by atoms with Gasteiger partial charge in [0, 0.05) is 6.92 Å². The van der Waals surface area contributed by atoms with Gasteiger partial charge in [0.2, 0.25) is 0 Å². The highest BCUT2D eigenvalue weighted by molar-refractivity contribution is 5.70. The molecule has 0 aliphatic heterocycles. The average Bonchev–Trinajstić information content (AvgIpc) is 2.36. The smallest absolute Gasteiger partial charge is 0.307 e. The summed E-state index contributed by atoms with van der Waals surface area (Å²) in [5, 5.41) is 8.37. The van der Waals surface area contributed by atoms with E-state index in [1.165, 1.54) is 13.3 Å². The number of benzene rings is 1. The van der Waals surface area contributed by atoms with E-state index in [1.807, 2.05) is 18.2 Å². The second-order valence-electron chi connectivity index (χ2n) is 4.10. The average molecular weight is 266 g/mol. The zero-order valence-electron chi connectivity index (χ0n) is 11.6. The van der Waals surface area contributed by atoms with Crippen molar-refractivity contribution < 1.29 is 19.4 Å². The maximum absolute atomic E-state index is 10.2. The normalized spacial score (nSPS) is 9.16. The second-order valence-corrected chi connectivity index (χ2v) is 4.10. The predicted molar refractivity (Wildman–Crippen MR) is 73.9 cm³/mol. The minimum absolute atomic E-state index is 0.112. The van der Waals surface area contributed by atoms with Crippen molar-refractivity contribution >= 4 is 11.9 Å². The SMILES string of the molecule is CCCCCOC(C)=O.O=C(O)Cc1ccccc1. The van der Waals surface area contributed by atoms with Gasteiger partial charge in [-0.25, -0.2) is 0 Å². The lowest BCUT2D eigenvalue weighted by atomic mass is 10.2. The Morgan fingerprint density at radius 3 is 2.26 bits per heavy atom. The summed E-state index contributed by atoms with van der Waals surface area (Å²) in [6, 6.07) is 9.13. The molecule has 19 heavy (non-hydrogen) atoms. The van der Waals surface area contributed by atoms with Crippen molar-refractivity contribution in [1.29, 1.82) is 0 Å². The number of carboxylic acid groups (broad SMARTS) is 1. The highest BCUT2D eigenvalue weighted by atomic mass is 16.5. The fourth-order valence-corrected chi connectivity index (χ4v) is 1.34. The molecule has 0 saturated heterocycles. The van der Waals surface area contributed by atoms with E-state index in [9.17, 15) is 9.59 Å². The molecule has 0 bridgehead atoms. The molecule has 0 aliphatic carbocycles. The Balaban J connectivity index is 0.000000344. The monoisotopic (exact) mass is 266 g/mol. The van der Waals surface area contributed by atoms with Gasteiger partial charge < -0.3 is 9.84 Å². The van der Waals surface area contributed by atoms with Crippen molar-refractivity contribution in [2.24, 2.45) is 0 Å². The van der Waals surface area contributed by atoms with E-state index in [-0.39, 0.29) is 12.4 Å². The third kappa shape index (κ3) is 12.4. The van der Waals surface area contributed by atoms with Gasteiger partial charge in [-0.2, -0.15) is 0 Å². The number of carbonyl (C=O) groups excluding carboxylic acids is 1. The van der Waals surface area contributed by atoms with Crippen LogP contribution in [0.25, 0.3) is 0 Å². The van der Waals surface area contributed by atoms with Crippen molar-refractivity contribution in [3.05, 3.63) is 35.9 Å². The summed E-state index contributed by atoms with van der Waals surface area (Å²) in [5.41, 5.74) is 0.843. The quantitative estimate of drug-likeness (QED) is 0.635. The van der Waals surface area contributed by atoms with E-state index in [0.29, 0.717) is 6.61 Å². The van der Waals surface area contributed by atoms with Gasteiger partial charge in [0.1, 0.15) is 0 Å². The molecule has 0 radical (unpaired) electrons. The van der Waals surface area contributed by atoms with Crippen LogP contribution in [0.4, 0.5) is 0 Å². The van der Waals surface area contributed by atoms with Crippen LogP contribution in [0.5, 0.6) is 0 Å². The zero-order chi connectivity index (χ0) is 14.5. The molecule has 4 heteroatoms. The molecule has 0 atom stereocenters. The molecule has 0 unspecified atom stereocenters. The first-order valence-electron chi connectivity index (χ1n) is 6.45. The van der Waals surface area contributed by atoms with Gasteiger partial charge in [-0.1, -0.05) is 50.1 Å². The van der Waals surface area contributed by atoms with Crippen LogP contribution in [0.15, 0.2) is 30.3 Å². The predicted octanol–water partition coefficient (Wildman–Crippen LogP) is 3.05. The highest BCUT2D eigenvalue weighted by Crippen LogP contribution is 1.98. The van der Waals surface area contributed by atoms with Crippen LogP contribution in [0.2, 0.25) is 0 Å². The van der Waals surface area contributed by atoms with Crippen LogP contribution in [-0.2, 0) is 20.7 Å². The third-order valence-corrected chi connectivity index (χ3v) is 2.25. The van der Waals surface area contributed by atoms with E-state index in [2.05, 4.69) is 6.92 Å². The molecule has 0 aromatic heterocycles. The van der Waals surface area contributed by atoms with Gasteiger partial charge >= 0.3 is 11.9 Å². The maximum atomic E-state index is 10.2. The molecule has 0 fully saturated rings. The number of aliphatic carboxylic acids is 1. The molecule has 1 aromatic carbocycles. The van der Waals surface area contributed by atoms with Crippen LogP contribution in [-0.4, -0.2) is 23.7 Å². The third-order valence-electron chi connectivity index (χ3n) is 2.25. The molecule has 0 amide bonds. The Hall–Kier alpha value is -1.84. The van der Waals surface area contributed by atoms with E-state index in [1.54, 1.807) is 12.1 Å². The Morgan fingerprint density at radius 2 is 1.79 bits per heavy atom. The molecule has 4 nitrogen and oxygen atoms in total. The van der Waals surface area contributed by atoms with Crippen LogP contribution >= 0.6 is 0 Å². The summed E-state index contributed by atoms with van der Waals surface area (Å²) in [6.45, 7) is 4.14. The lowest BCUT2D eigenvalue weighted by molar-refractivity contribution is -0.141. The van der Waals surface area contributed by atoms with Crippen LogP contribution < -0.4 is 0 Å². The summed E-state index contributed by atoms with van der Waals surface area (Å²) in [5.74, 6) is -0.961. The number of carboxylic acids is 1. The first-order valence-corrected chi connectivity index (χ1v) is 6.45. The van der Waals surface area contributed by atoms with Crippen LogP contribution in [0, 0.1) is 0 Å². The van der Waals surface area contributed by atoms with E-state index >= 15 is 0 Å². The standard InChI is InChI=1S/C8H8O2.C7H14O2/c9-8(10)6-7-4-2-1-3-5-7;1-3-4-5-6-9-7(2)8/h1-5H,6H2,(H,9,10);3-6H2,1-2H3. The minimum atomic E-state index is -0.786. The maximum Gasteiger partial charge on any atom is 0.307 e. The largest absolute Gasteiger partial charge is 0.481 e. The lowest BCUT2D eigenvalue weighted by Crippen LogP contribution is -1.99.